The Morgan fingerprint density at radius 3 is 2.22 bits per heavy atom. The summed E-state index contributed by atoms with van der Waals surface area (Å²) in [7, 11) is 0. The summed E-state index contributed by atoms with van der Waals surface area (Å²) in [6, 6.07) is 0. The second-order valence-electron chi connectivity index (χ2n) is 2.22. The summed E-state index contributed by atoms with van der Waals surface area (Å²) >= 11 is 3.31. The van der Waals surface area contributed by atoms with Crippen LogP contribution in [0.15, 0.2) is 0 Å². The van der Waals surface area contributed by atoms with E-state index < -0.39 is 5.97 Å². The van der Waals surface area contributed by atoms with Crippen molar-refractivity contribution < 1.29 is 9.90 Å². The molecule has 0 bridgehead atoms. The van der Waals surface area contributed by atoms with Gasteiger partial charge >= 0.3 is 29.0 Å². The molecule has 0 heterocycles. The molecule has 9 heavy (non-hydrogen) atoms. The average molecular weight is 205 g/mol. The molecule has 0 unspecified atom stereocenters. The summed E-state index contributed by atoms with van der Waals surface area (Å²) in [6.07, 6.45) is 2.30. The van der Waals surface area contributed by atoms with Gasteiger partial charge in [0.15, 0.2) is 0 Å². The second-order valence-corrected chi connectivity index (χ2v) is 3.90. The predicted molar refractivity (Wildman–Crippen MR) is 41.7 cm³/mol. The maximum absolute atomic E-state index is 10.0. The maximum atomic E-state index is 10.0. The monoisotopic (exact) mass is 204 g/mol. The van der Waals surface area contributed by atoms with Gasteiger partial charge in [0.1, 0.15) is 0 Å². The number of carboxylic acids is 1. The van der Waals surface area contributed by atoms with Gasteiger partial charge in [0.2, 0.25) is 0 Å². The van der Waals surface area contributed by atoms with Crippen LogP contribution >= 0.6 is 15.9 Å². The third kappa shape index (κ3) is 3.42. The van der Waals surface area contributed by atoms with Crippen LogP contribution in [0.5, 0.6) is 0 Å². The van der Waals surface area contributed by atoms with Crippen molar-refractivity contribution in [2.75, 3.05) is 0 Å². The van der Waals surface area contributed by atoms with E-state index in [2.05, 4.69) is 15.9 Å². The third-order valence-corrected chi connectivity index (χ3v) is 2.33. The molecule has 1 fully saturated rings. The molecule has 0 atom stereocenters. The molecule has 0 spiro atoms. The molecule has 2 nitrogen and oxygen atoms in total. The molecule has 0 aromatic carbocycles. The van der Waals surface area contributed by atoms with Gasteiger partial charge in [0.25, 0.3) is 0 Å². The Morgan fingerprint density at radius 2 is 2.11 bits per heavy atom. The Balaban J connectivity index is 0.000000640. The van der Waals surface area contributed by atoms with Crippen LogP contribution in [0.1, 0.15) is 19.3 Å². The highest BCUT2D eigenvalue weighted by Crippen LogP contribution is 2.47. The summed E-state index contributed by atoms with van der Waals surface area (Å²) in [4.78, 5) is 10.0. The molecule has 4 heteroatoms. The lowest BCUT2D eigenvalue weighted by Crippen LogP contribution is -2.05. The summed E-state index contributed by atoms with van der Waals surface area (Å²) in [5.74, 6) is -0.709. The van der Waals surface area contributed by atoms with E-state index in [1.807, 2.05) is 0 Å². The molecular formula is C5H9BrMgO2. The molecule has 1 aliphatic carbocycles. The van der Waals surface area contributed by atoms with E-state index in [-0.39, 0.29) is 33.8 Å². The Kier molecular flexibility index (Phi) is 3.46. The lowest BCUT2D eigenvalue weighted by molar-refractivity contribution is -0.137. The zero-order valence-corrected chi connectivity index (χ0v) is 5.94. The Labute approximate surface area is 78.3 Å². The zero-order valence-electron chi connectivity index (χ0n) is 4.35. The van der Waals surface area contributed by atoms with E-state index in [4.69, 9.17) is 5.11 Å². The fourth-order valence-electron chi connectivity index (χ4n) is 0.583. The van der Waals surface area contributed by atoms with Crippen molar-refractivity contribution in [2.24, 2.45) is 0 Å². The molecule has 0 saturated heterocycles. The highest BCUT2D eigenvalue weighted by Gasteiger charge is 2.41. The second kappa shape index (κ2) is 3.21. The number of carboxylic acid groups (broad SMARTS) is 1. The molecule has 0 amide bonds. The van der Waals surface area contributed by atoms with Gasteiger partial charge in [0, 0.05) is 4.32 Å². The van der Waals surface area contributed by atoms with Crippen molar-refractivity contribution in [1.29, 1.82) is 0 Å². The van der Waals surface area contributed by atoms with E-state index in [0.29, 0.717) is 0 Å². The van der Waals surface area contributed by atoms with Crippen LogP contribution in [0, 0.1) is 0 Å². The molecule has 50 valence electrons. The maximum Gasteiger partial charge on any atom is 0.316 e. The molecule has 1 rings (SSSR count). The average Bonchev–Trinajstić information content (AvgIpc) is 2.17. The Bertz CT molecular complexity index is 122. The minimum absolute atomic E-state index is 0. The number of hydrogen-bond acceptors (Lipinski definition) is 1. The van der Waals surface area contributed by atoms with Crippen LogP contribution in [0.25, 0.3) is 0 Å². The van der Waals surface area contributed by atoms with Crippen molar-refractivity contribution in [3.63, 3.8) is 0 Å². The molecule has 0 aliphatic heterocycles. The highest BCUT2D eigenvalue weighted by molar-refractivity contribution is 9.10. The van der Waals surface area contributed by atoms with Gasteiger partial charge in [-0.05, 0) is 12.8 Å². The first-order valence-corrected chi connectivity index (χ1v) is 3.32. The fraction of sp³-hybridized carbons (Fsp3) is 0.800. The van der Waals surface area contributed by atoms with E-state index >= 15 is 0 Å². The fourth-order valence-corrected chi connectivity index (χ4v) is 1.02. The quantitative estimate of drug-likeness (QED) is 0.526. The molecule has 1 N–H and O–H groups in total. The highest BCUT2D eigenvalue weighted by atomic mass is 79.9. The first-order chi connectivity index (χ1) is 3.62. The number of alkyl halides is 1. The van der Waals surface area contributed by atoms with Crippen molar-refractivity contribution in [1.82, 2.24) is 0 Å². The smallest absolute Gasteiger partial charge is 0.316 e. The van der Waals surface area contributed by atoms with Crippen LogP contribution in [-0.2, 0) is 4.79 Å². The zero-order chi connectivity index (χ0) is 6.20. The van der Waals surface area contributed by atoms with Gasteiger partial charge in [0.05, 0.1) is 6.42 Å². The number of rotatable bonds is 2. The number of halogens is 1. The molecule has 1 saturated carbocycles. The summed E-state index contributed by atoms with van der Waals surface area (Å²) < 4.78 is -0.0150. The Hall–Kier alpha value is 0.716. The normalized spacial score (nSPS) is 20.1. The van der Waals surface area contributed by atoms with Gasteiger partial charge in [-0.1, -0.05) is 15.9 Å². The van der Waals surface area contributed by atoms with E-state index in [9.17, 15) is 4.79 Å². The summed E-state index contributed by atoms with van der Waals surface area (Å²) in [5.41, 5.74) is 0. The molecular weight excluding hydrogens is 196 g/mol. The van der Waals surface area contributed by atoms with E-state index in [1.165, 1.54) is 0 Å². The molecule has 0 aromatic rings. The summed E-state index contributed by atoms with van der Waals surface area (Å²) in [5, 5.41) is 8.26. The van der Waals surface area contributed by atoms with Gasteiger partial charge in [-0.15, -0.1) is 0 Å². The minimum Gasteiger partial charge on any atom is -0.481 e. The number of carbonyl (C=O) groups is 1. The molecule has 1 aliphatic rings. The first kappa shape index (κ1) is 9.72. The van der Waals surface area contributed by atoms with Crippen molar-refractivity contribution in [2.45, 2.75) is 23.6 Å². The van der Waals surface area contributed by atoms with Gasteiger partial charge in [-0.3, -0.25) is 4.79 Å². The van der Waals surface area contributed by atoms with Crippen LogP contribution in [-0.4, -0.2) is 38.5 Å². The van der Waals surface area contributed by atoms with Gasteiger partial charge in [-0.2, -0.15) is 0 Å². The lowest BCUT2D eigenvalue weighted by atomic mass is 10.3. The molecule has 0 radical (unpaired) electrons. The lowest BCUT2D eigenvalue weighted by Gasteiger charge is -1.97. The minimum atomic E-state index is -0.709. The van der Waals surface area contributed by atoms with Gasteiger partial charge in [-0.25, -0.2) is 0 Å². The van der Waals surface area contributed by atoms with E-state index in [0.717, 1.165) is 12.8 Å². The largest absolute Gasteiger partial charge is 0.481 e. The van der Waals surface area contributed by atoms with Gasteiger partial charge < -0.3 is 5.11 Å². The third-order valence-electron chi connectivity index (χ3n) is 1.26. The summed E-state index contributed by atoms with van der Waals surface area (Å²) in [6.45, 7) is 0. The SMILES string of the molecule is O=C(O)CC1(Br)CC1.[MgH2]. The van der Waals surface area contributed by atoms with Crippen molar-refractivity contribution in [3.05, 3.63) is 0 Å². The van der Waals surface area contributed by atoms with Crippen LogP contribution in [0.3, 0.4) is 0 Å². The van der Waals surface area contributed by atoms with Crippen molar-refractivity contribution in [3.8, 4) is 0 Å². The number of aliphatic carboxylic acids is 1. The van der Waals surface area contributed by atoms with Crippen LogP contribution < -0.4 is 0 Å². The predicted octanol–water partition coefficient (Wildman–Crippen LogP) is 0.472. The topological polar surface area (TPSA) is 37.3 Å². The van der Waals surface area contributed by atoms with Crippen LogP contribution in [0.4, 0.5) is 0 Å². The van der Waals surface area contributed by atoms with Crippen molar-refractivity contribution >= 4 is 45.0 Å². The Morgan fingerprint density at radius 1 is 1.67 bits per heavy atom. The molecule has 0 aromatic heterocycles. The van der Waals surface area contributed by atoms with Crippen LogP contribution in [0.2, 0.25) is 0 Å². The number of hydrogen-bond donors (Lipinski definition) is 1. The van der Waals surface area contributed by atoms with E-state index in [1.54, 1.807) is 0 Å². The first-order valence-electron chi connectivity index (χ1n) is 2.53. The standard InChI is InChI=1S/C5H7BrO2.Mg.2H/c6-5(1-2-5)3-4(7)8;;;/h1-3H2,(H,7,8);;;.